The molecule has 0 aliphatic carbocycles. The Hall–Kier alpha value is -2.14. The van der Waals surface area contributed by atoms with E-state index in [9.17, 15) is 55.9 Å². The second-order valence-electron chi connectivity index (χ2n) is 10.2. The summed E-state index contributed by atoms with van der Waals surface area (Å²) in [6.07, 6.45) is -21.3. The number of nitrogens with zero attached hydrogens (tertiary/aromatic N) is 1. The van der Waals surface area contributed by atoms with Crippen molar-refractivity contribution in [3.05, 3.63) is 24.4 Å². The highest BCUT2D eigenvalue weighted by atomic mass is 16.7. The number of anilines is 1. The summed E-state index contributed by atoms with van der Waals surface area (Å²) in [5.74, 6) is -0.168. The second-order valence-corrected chi connectivity index (χ2v) is 10.2. The molecule has 0 radical (unpaired) electrons. The molecule has 0 unspecified atom stereocenters. The van der Waals surface area contributed by atoms with Gasteiger partial charge in [-0.2, -0.15) is 0 Å². The third kappa shape index (κ3) is 8.74. The highest BCUT2D eigenvalue weighted by Gasteiger charge is 2.52. The fraction of sp³-hybridized carbons (Fsp3) is 0.760. The van der Waals surface area contributed by atoms with E-state index in [-0.39, 0.29) is 6.54 Å². The monoisotopic (exact) mass is 623 g/mol. The van der Waals surface area contributed by atoms with Gasteiger partial charge in [-0.1, -0.05) is 6.07 Å². The summed E-state index contributed by atoms with van der Waals surface area (Å²) in [6, 6.07) is 3.83. The van der Waals surface area contributed by atoms with E-state index in [2.05, 4.69) is 15.6 Å². The molecule has 3 heterocycles. The molecular formula is C25H41N3O15. The zero-order valence-electron chi connectivity index (χ0n) is 23.2. The average molecular weight is 624 g/mol. The highest BCUT2D eigenvalue weighted by Crippen LogP contribution is 2.30. The van der Waals surface area contributed by atoms with Crippen LogP contribution in [0.5, 0.6) is 0 Å². The van der Waals surface area contributed by atoms with Crippen LogP contribution in [-0.4, -0.2) is 174 Å². The van der Waals surface area contributed by atoms with Gasteiger partial charge < -0.3 is 80.6 Å². The van der Waals surface area contributed by atoms with Crippen LogP contribution in [0.1, 0.15) is 6.92 Å². The highest BCUT2D eigenvalue weighted by molar-refractivity contribution is 5.73. The first-order valence-corrected chi connectivity index (χ1v) is 13.6. The van der Waals surface area contributed by atoms with Gasteiger partial charge in [0.15, 0.2) is 12.6 Å². The fourth-order valence-corrected chi connectivity index (χ4v) is 4.75. The smallest absolute Gasteiger partial charge is 0.217 e. The summed E-state index contributed by atoms with van der Waals surface area (Å²) in [6.45, 7) is -1.52. The van der Waals surface area contributed by atoms with Gasteiger partial charge in [-0.3, -0.25) is 4.79 Å². The maximum Gasteiger partial charge on any atom is 0.217 e. The first-order chi connectivity index (χ1) is 20.4. The van der Waals surface area contributed by atoms with E-state index in [0.717, 1.165) is 0 Å². The molecule has 1 aromatic heterocycles. The van der Waals surface area contributed by atoms with Gasteiger partial charge in [-0.25, -0.2) is 4.98 Å². The molecule has 18 heteroatoms. The van der Waals surface area contributed by atoms with Gasteiger partial charge in [-0.15, -0.1) is 0 Å². The Labute approximate surface area is 246 Å². The summed E-state index contributed by atoms with van der Waals surface area (Å²) in [5.41, 5.74) is 0. The standard InChI is InChI=1S/C25H41N3O15/c1-10(32)28-11(6-27-15-4-2-3-5-26-15)16(34)22(12(33)7-29)42-25-21(39)23(18(36)14(9-31)41-25)43-24-20(38)19(37)17(35)13(8-30)40-24/h2-5,11-14,16-25,29-31,33-39H,6-9H2,1H3,(H,26,27)(H,28,32)/t11-,12-,13-,14-,16+,17+,18+,19+,20-,21-,22+,23+,24-,25+/m1/s1. The predicted octanol–water partition coefficient (Wildman–Crippen LogP) is -6.28. The number of amides is 1. The third-order valence-electron chi connectivity index (χ3n) is 7.12. The molecule has 12 N–H and O–H groups in total. The molecule has 0 bridgehead atoms. The van der Waals surface area contributed by atoms with Gasteiger partial charge in [0.2, 0.25) is 5.91 Å². The number of rotatable bonds is 14. The molecule has 2 aliphatic rings. The molecule has 0 spiro atoms. The number of aliphatic hydroxyl groups is 10. The van der Waals surface area contributed by atoms with Crippen molar-refractivity contribution in [3.63, 3.8) is 0 Å². The van der Waals surface area contributed by atoms with Crippen LogP contribution < -0.4 is 10.6 Å². The molecule has 0 saturated carbocycles. The van der Waals surface area contributed by atoms with E-state index in [1.165, 1.54) is 13.1 Å². The predicted molar refractivity (Wildman–Crippen MR) is 141 cm³/mol. The Balaban J connectivity index is 1.82. The van der Waals surface area contributed by atoms with Gasteiger partial charge >= 0.3 is 0 Å². The summed E-state index contributed by atoms with van der Waals surface area (Å²) >= 11 is 0. The Morgan fingerprint density at radius 1 is 0.930 bits per heavy atom. The molecule has 2 saturated heterocycles. The quantitative estimate of drug-likeness (QED) is 0.0917. The van der Waals surface area contributed by atoms with Gasteiger partial charge in [0.25, 0.3) is 0 Å². The molecular weight excluding hydrogens is 582 g/mol. The Bertz CT molecular complexity index is 980. The van der Waals surface area contributed by atoms with Crippen molar-refractivity contribution in [3.8, 4) is 0 Å². The van der Waals surface area contributed by atoms with Crippen LogP contribution in [0.3, 0.4) is 0 Å². The first-order valence-electron chi connectivity index (χ1n) is 13.6. The van der Waals surface area contributed by atoms with Crippen molar-refractivity contribution >= 4 is 11.7 Å². The van der Waals surface area contributed by atoms with Crippen LogP contribution in [0, 0.1) is 0 Å². The van der Waals surface area contributed by atoms with Crippen molar-refractivity contribution in [1.29, 1.82) is 0 Å². The number of hydrogen-bond acceptors (Lipinski definition) is 17. The molecule has 3 rings (SSSR count). The van der Waals surface area contributed by atoms with Crippen LogP contribution in [0.15, 0.2) is 24.4 Å². The van der Waals surface area contributed by atoms with Crippen LogP contribution in [0.4, 0.5) is 5.82 Å². The average Bonchev–Trinajstić information content (AvgIpc) is 3.00. The number of hydrogen-bond donors (Lipinski definition) is 12. The molecule has 2 aliphatic heterocycles. The van der Waals surface area contributed by atoms with Crippen molar-refractivity contribution in [2.24, 2.45) is 0 Å². The van der Waals surface area contributed by atoms with Gasteiger partial charge in [0, 0.05) is 19.7 Å². The minimum atomic E-state index is -1.98. The summed E-state index contributed by atoms with van der Waals surface area (Å²) < 4.78 is 21.9. The molecule has 18 nitrogen and oxygen atoms in total. The molecule has 43 heavy (non-hydrogen) atoms. The van der Waals surface area contributed by atoms with E-state index < -0.39 is 111 Å². The number of carbonyl (C=O) groups is 1. The van der Waals surface area contributed by atoms with Crippen LogP contribution in [0.25, 0.3) is 0 Å². The molecule has 246 valence electrons. The zero-order chi connectivity index (χ0) is 31.8. The second kappa shape index (κ2) is 16.3. The zero-order valence-corrected chi connectivity index (χ0v) is 23.2. The lowest BCUT2D eigenvalue weighted by atomic mass is 9.96. The van der Waals surface area contributed by atoms with E-state index in [4.69, 9.17) is 18.9 Å². The minimum Gasteiger partial charge on any atom is -0.394 e. The Morgan fingerprint density at radius 3 is 2.16 bits per heavy atom. The topological polar surface area (TPSA) is 293 Å². The van der Waals surface area contributed by atoms with E-state index >= 15 is 0 Å². The van der Waals surface area contributed by atoms with E-state index in [0.29, 0.717) is 5.82 Å². The van der Waals surface area contributed by atoms with Crippen LogP contribution >= 0.6 is 0 Å². The molecule has 1 amide bonds. The number of aromatic nitrogens is 1. The van der Waals surface area contributed by atoms with Crippen LogP contribution in [0.2, 0.25) is 0 Å². The number of nitrogens with one attached hydrogen (secondary N) is 2. The maximum atomic E-state index is 11.9. The summed E-state index contributed by atoms with van der Waals surface area (Å²) in [7, 11) is 0. The molecule has 2 fully saturated rings. The van der Waals surface area contributed by atoms with Gasteiger partial charge in [-0.05, 0) is 12.1 Å². The Kier molecular flexibility index (Phi) is 13.4. The van der Waals surface area contributed by atoms with Crippen molar-refractivity contribution in [2.75, 3.05) is 31.7 Å². The van der Waals surface area contributed by atoms with Crippen molar-refractivity contribution in [1.82, 2.24) is 10.3 Å². The first kappa shape index (κ1) is 35.3. The SMILES string of the molecule is CC(=O)N[C@H](CNc1ccccn1)[C@H](O)[C@@H](O[C@@H]1O[C@H](CO)[C@H](O)[C@H](O[C@H]2O[C@H](CO)[C@H](O)[C@H](O)[C@H]2O)[C@H]1O)[C@H](O)CO. The number of aliphatic hydroxyl groups excluding tert-OH is 10. The molecule has 0 aromatic carbocycles. The maximum absolute atomic E-state index is 11.9. The number of pyridine rings is 1. The third-order valence-corrected chi connectivity index (χ3v) is 7.12. The van der Waals surface area contributed by atoms with Gasteiger partial charge in [0.1, 0.15) is 73.0 Å². The minimum absolute atomic E-state index is 0.134. The van der Waals surface area contributed by atoms with Crippen LogP contribution in [-0.2, 0) is 23.7 Å². The largest absolute Gasteiger partial charge is 0.394 e. The van der Waals surface area contributed by atoms with E-state index in [1.54, 1.807) is 18.2 Å². The summed E-state index contributed by atoms with van der Waals surface area (Å²) in [5, 5.41) is 108. The lowest BCUT2D eigenvalue weighted by Gasteiger charge is -2.47. The fourth-order valence-electron chi connectivity index (χ4n) is 4.75. The number of carbonyl (C=O) groups excluding carboxylic acids is 1. The van der Waals surface area contributed by atoms with Crippen molar-refractivity contribution in [2.45, 2.75) is 92.7 Å². The lowest BCUT2D eigenvalue weighted by Crippen LogP contribution is -2.66. The molecule has 1 aromatic rings. The lowest BCUT2D eigenvalue weighted by molar-refractivity contribution is -0.368. The van der Waals surface area contributed by atoms with E-state index in [1.807, 2.05) is 0 Å². The van der Waals surface area contributed by atoms with Gasteiger partial charge in [0.05, 0.1) is 25.9 Å². The van der Waals surface area contributed by atoms with Crippen molar-refractivity contribution < 1.29 is 74.8 Å². The Morgan fingerprint density at radius 2 is 1.58 bits per heavy atom. The molecule has 14 atom stereocenters. The summed E-state index contributed by atoms with van der Waals surface area (Å²) in [4.78, 5) is 16.0. The normalized spacial score (nSPS) is 35.9. The number of ether oxygens (including phenoxy) is 4.